The summed E-state index contributed by atoms with van der Waals surface area (Å²) < 4.78 is 0. The molecule has 2 N–H and O–H groups in total. The van der Waals surface area contributed by atoms with Crippen molar-refractivity contribution in [2.24, 2.45) is 11.3 Å². The molecule has 3 heterocycles. The Balaban J connectivity index is 2.26. The molecule has 15 heavy (non-hydrogen) atoms. The van der Waals surface area contributed by atoms with Crippen molar-refractivity contribution in [3.05, 3.63) is 0 Å². The van der Waals surface area contributed by atoms with Crippen LogP contribution in [0.15, 0.2) is 0 Å². The minimum absolute atomic E-state index is 0.0381. The molecule has 0 amide bonds. The number of rotatable bonds is 3. The highest BCUT2D eigenvalue weighted by molar-refractivity contribution is 5.82. The zero-order valence-corrected chi connectivity index (χ0v) is 8.48. The highest BCUT2D eigenvalue weighted by Gasteiger charge is 2.53. The molecule has 3 saturated heterocycles. The van der Waals surface area contributed by atoms with E-state index in [2.05, 4.69) is 4.90 Å². The molecule has 5 nitrogen and oxygen atoms in total. The van der Waals surface area contributed by atoms with Gasteiger partial charge in [-0.1, -0.05) is 0 Å². The zero-order chi connectivity index (χ0) is 11.1. The minimum atomic E-state index is -1.04. The predicted octanol–water partition coefficient (Wildman–Crippen LogP) is 0.258. The molecule has 2 bridgehead atoms. The summed E-state index contributed by atoms with van der Waals surface area (Å²) in [7, 11) is 0. The van der Waals surface area contributed by atoms with Gasteiger partial charge < -0.3 is 15.1 Å². The highest BCUT2D eigenvalue weighted by atomic mass is 16.4. The van der Waals surface area contributed by atoms with E-state index in [1.807, 2.05) is 0 Å². The summed E-state index contributed by atoms with van der Waals surface area (Å²) in [5.74, 6) is -1.92. The predicted molar refractivity (Wildman–Crippen MR) is 51.5 cm³/mol. The maximum absolute atomic E-state index is 11.3. The van der Waals surface area contributed by atoms with Crippen LogP contribution in [0.3, 0.4) is 0 Å². The number of aliphatic carboxylic acids is 2. The number of hydrogen-bond acceptors (Lipinski definition) is 3. The van der Waals surface area contributed by atoms with E-state index in [0.717, 1.165) is 25.9 Å². The lowest BCUT2D eigenvalue weighted by Gasteiger charge is -2.50. The third kappa shape index (κ3) is 1.61. The maximum atomic E-state index is 11.3. The summed E-state index contributed by atoms with van der Waals surface area (Å²) >= 11 is 0. The summed E-state index contributed by atoms with van der Waals surface area (Å²) in [5.41, 5.74) is -1.04. The van der Waals surface area contributed by atoms with Crippen molar-refractivity contribution in [2.75, 3.05) is 19.6 Å². The Morgan fingerprint density at radius 1 is 1.27 bits per heavy atom. The van der Waals surface area contributed by atoms with Crippen LogP contribution >= 0.6 is 0 Å². The average molecular weight is 213 g/mol. The van der Waals surface area contributed by atoms with E-state index < -0.39 is 17.4 Å². The molecule has 84 valence electrons. The van der Waals surface area contributed by atoms with Crippen LogP contribution in [-0.2, 0) is 9.59 Å². The van der Waals surface area contributed by atoms with Gasteiger partial charge in [-0.2, -0.15) is 0 Å². The van der Waals surface area contributed by atoms with Gasteiger partial charge in [-0.15, -0.1) is 0 Å². The van der Waals surface area contributed by atoms with Crippen molar-refractivity contribution in [3.8, 4) is 0 Å². The van der Waals surface area contributed by atoms with Crippen LogP contribution in [0.25, 0.3) is 0 Å². The Morgan fingerprint density at radius 3 is 2.20 bits per heavy atom. The number of fused-ring (bicyclic) bond motifs is 3. The fourth-order valence-corrected chi connectivity index (χ4v) is 2.96. The number of carboxylic acid groups (broad SMARTS) is 2. The number of carbonyl (C=O) groups is 2. The Bertz CT molecular complexity index is 296. The summed E-state index contributed by atoms with van der Waals surface area (Å²) in [4.78, 5) is 24.1. The molecule has 5 heteroatoms. The fourth-order valence-electron chi connectivity index (χ4n) is 2.96. The van der Waals surface area contributed by atoms with Gasteiger partial charge in [0.25, 0.3) is 0 Å². The SMILES string of the molecule is O=C(O)C[C@]1(C(=O)O)CN2CCC1CC2. The van der Waals surface area contributed by atoms with Gasteiger partial charge in [0.15, 0.2) is 0 Å². The third-order valence-electron chi connectivity index (χ3n) is 3.77. The van der Waals surface area contributed by atoms with E-state index in [1.54, 1.807) is 0 Å². The first-order valence-corrected chi connectivity index (χ1v) is 5.22. The molecule has 0 aliphatic carbocycles. The Labute approximate surface area is 87.7 Å². The molecule has 0 aromatic rings. The van der Waals surface area contributed by atoms with Crippen LogP contribution in [-0.4, -0.2) is 46.7 Å². The van der Waals surface area contributed by atoms with E-state index >= 15 is 0 Å². The van der Waals surface area contributed by atoms with Gasteiger partial charge in [-0.25, -0.2) is 0 Å². The molecule has 0 aromatic carbocycles. The van der Waals surface area contributed by atoms with Crippen LogP contribution in [0.4, 0.5) is 0 Å². The lowest BCUT2D eigenvalue weighted by molar-refractivity contribution is -0.169. The van der Waals surface area contributed by atoms with Crippen molar-refractivity contribution in [1.82, 2.24) is 4.90 Å². The second-order valence-electron chi connectivity index (χ2n) is 4.58. The molecule has 3 aliphatic heterocycles. The topological polar surface area (TPSA) is 77.8 Å². The van der Waals surface area contributed by atoms with E-state index in [-0.39, 0.29) is 12.3 Å². The first-order valence-electron chi connectivity index (χ1n) is 5.22. The first-order chi connectivity index (χ1) is 7.04. The zero-order valence-electron chi connectivity index (χ0n) is 8.48. The number of nitrogens with zero attached hydrogens (tertiary/aromatic N) is 1. The molecule has 1 atom stereocenters. The van der Waals surface area contributed by atoms with Crippen molar-refractivity contribution >= 4 is 11.9 Å². The van der Waals surface area contributed by atoms with E-state index in [9.17, 15) is 14.7 Å². The fraction of sp³-hybridized carbons (Fsp3) is 0.800. The van der Waals surface area contributed by atoms with E-state index in [0.29, 0.717) is 6.54 Å². The van der Waals surface area contributed by atoms with Crippen molar-refractivity contribution < 1.29 is 19.8 Å². The molecule has 0 unspecified atom stereocenters. The lowest BCUT2D eigenvalue weighted by atomic mass is 9.65. The molecule has 0 saturated carbocycles. The smallest absolute Gasteiger partial charge is 0.311 e. The summed E-state index contributed by atoms with van der Waals surface area (Å²) in [6, 6.07) is 0. The normalized spacial score (nSPS) is 38.9. The molecule has 0 aromatic heterocycles. The highest BCUT2D eigenvalue weighted by Crippen LogP contribution is 2.44. The van der Waals surface area contributed by atoms with Gasteiger partial charge in [-0.3, -0.25) is 9.59 Å². The van der Waals surface area contributed by atoms with Crippen molar-refractivity contribution in [3.63, 3.8) is 0 Å². The van der Waals surface area contributed by atoms with Crippen LogP contribution in [0, 0.1) is 11.3 Å². The Morgan fingerprint density at radius 2 is 1.87 bits per heavy atom. The lowest BCUT2D eigenvalue weighted by Crippen LogP contribution is -2.58. The van der Waals surface area contributed by atoms with Gasteiger partial charge in [-0.05, 0) is 31.8 Å². The number of hydrogen-bond donors (Lipinski definition) is 2. The van der Waals surface area contributed by atoms with Gasteiger partial charge >= 0.3 is 11.9 Å². The van der Waals surface area contributed by atoms with Crippen molar-refractivity contribution in [1.29, 1.82) is 0 Å². The standard InChI is InChI=1S/C10H15NO4/c12-8(13)5-10(9(14)15)6-11-3-1-7(10)2-4-11/h7H,1-6H2,(H,12,13)(H,14,15)/t10-/m0/s1. The van der Waals surface area contributed by atoms with Gasteiger partial charge in [0.05, 0.1) is 11.8 Å². The van der Waals surface area contributed by atoms with Crippen molar-refractivity contribution in [2.45, 2.75) is 19.3 Å². The number of piperidine rings is 3. The monoisotopic (exact) mass is 213 g/mol. The quantitative estimate of drug-likeness (QED) is 0.703. The summed E-state index contributed by atoms with van der Waals surface area (Å²) in [5, 5.41) is 18.1. The van der Waals surface area contributed by atoms with Crippen LogP contribution < -0.4 is 0 Å². The Hall–Kier alpha value is -1.10. The van der Waals surface area contributed by atoms with Gasteiger partial charge in [0, 0.05) is 6.54 Å². The number of carboxylic acids is 2. The second kappa shape index (κ2) is 3.48. The second-order valence-corrected chi connectivity index (χ2v) is 4.58. The summed E-state index contributed by atoms with van der Waals surface area (Å²) in [6.07, 6.45) is 1.39. The molecular weight excluding hydrogens is 198 g/mol. The van der Waals surface area contributed by atoms with E-state index in [1.165, 1.54) is 0 Å². The minimum Gasteiger partial charge on any atom is -0.481 e. The molecular formula is C10H15NO4. The molecule has 0 radical (unpaired) electrons. The van der Waals surface area contributed by atoms with Crippen LogP contribution in [0.1, 0.15) is 19.3 Å². The molecule has 3 aliphatic rings. The van der Waals surface area contributed by atoms with Crippen LogP contribution in [0.5, 0.6) is 0 Å². The summed E-state index contributed by atoms with van der Waals surface area (Å²) in [6.45, 7) is 2.23. The average Bonchev–Trinajstić information content (AvgIpc) is 2.18. The Kier molecular flexibility index (Phi) is 2.42. The van der Waals surface area contributed by atoms with E-state index in [4.69, 9.17) is 5.11 Å². The molecule has 3 rings (SSSR count). The largest absolute Gasteiger partial charge is 0.481 e. The molecule has 0 spiro atoms. The van der Waals surface area contributed by atoms with Crippen LogP contribution in [0.2, 0.25) is 0 Å². The maximum Gasteiger partial charge on any atom is 0.311 e. The molecule has 3 fully saturated rings. The third-order valence-corrected chi connectivity index (χ3v) is 3.77. The van der Waals surface area contributed by atoms with Gasteiger partial charge in [0.2, 0.25) is 0 Å². The first kappa shape index (κ1) is 10.4. The van der Waals surface area contributed by atoms with Gasteiger partial charge in [0.1, 0.15) is 0 Å².